The Hall–Kier alpha value is -1.12. The molecule has 0 aromatic heterocycles. The standard InChI is InChI=1S/C10H16N2O/c1-8-4-9(6-10(13)5-8)11-7-12(2)3/h6-8H,4-5H2,1-3H3/t8-/m0/s1. The fourth-order valence-electron chi connectivity index (χ4n) is 1.36. The summed E-state index contributed by atoms with van der Waals surface area (Å²) in [5.74, 6) is 0.636. The summed E-state index contributed by atoms with van der Waals surface area (Å²) in [6.45, 7) is 2.08. The summed E-state index contributed by atoms with van der Waals surface area (Å²) >= 11 is 0. The lowest BCUT2D eigenvalue weighted by Crippen LogP contribution is -2.12. The first-order valence-corrected chi connectivity index (χ1v) is 4.52. The largest absolute Gasteiger partial charge is 0.369 e. The van der Waals surface area contributed by atoms with E-state index in [1.807, 2.05) is 19.0 Å². The van der Waals surface area contributed by atoms with E-state index in [1.54, 1.807) is 12.4 Å². The van der Waals surface area contributed by atoms with Crippen molar-refractivity contribution in [2.75, 3.05) is 14.1 Å². The molecular formula is C10H16N2O. The van der Waals surface area contributed by atoms with Gasteiger partial charge in [-0.25, -0.2) is 4.99 Å². The fraction of sp³-hybridized carbons (Fsp3) is 0.600. The molecule has 0 saturated heterocycles. The first-order chi connectivity index (χ1) is 6.08. The molecule has 1 aliphatic carbocycles. The topological polar surface area (TPSA) is 32.7 Å². The third kappa shape index (κ3) is 3.40. The lowest BCUT2D eigenvalue weighted by molar-refractivity contribution is -0.115. The van der Waals surface area contributed by atoms with Gasteiger partial charge in [-0.2, -0.15) is 0 Å². The summed E-state index contributed by atoms with van der Waals surface area (Å²) in [7, 11) is 3.83. The molecule has 0 aromatic rings. The number of rotatable bonds is 2. The van der Waals surface area contributed by atoms with E-state index >= 15 is 0 Å². The van der Waals surface area contributed by atoms with Gasteiger partial charge in [0.25, 0.3) is 0 Å². The minimum absolute atomic E-state index is 0.199. The second-order valence-electron chi connectivity index (χ2n) is 3.82. The molecule has 3 nitrogen and oxygen atoms in total. The SMILES string of the molecule is C[C@@H]1CC(=O)C=C(N=CN(C)C)C1. The van der Waals surface area contributed by atoms with Crippen molar-refractivity contribution in [2.24, 2.45) is 10.9 Å². The van der Waals surface area contributed by atoms with Crippen molar-refractivity contribution in [1.29, 1.82) is 0 Å². The van der Waals surface area contributed by atoms with Gasteiger partial charge in [0, 0.05) is 32.3 Å². The number of ketones is 1. The Balaban J connectivity index is 2.64. The van der Waals surface area contributed by atoms with Crippen LogP contribution in [0.4, 0.5) is 0 Å². The highest BCUT2D eigenvalue weighted by Crippen LogP contribution is 2.21. The molecule has 1 atom stereocenters. The molecular weight excluding hydrogens is 164 g/mol. The number of carbonyl (C=O) groups excluding carboxylic acids is 1. The highest BCUT2D eigenvalue weighted by atomic mass is 16.1. The molecule has 0 radical (unpaired) electrons. The highest BCUT2D eigenvalue weighted by molar-refractivity contribution is 5.91. The first kappa shape index (κ1) is 9.96. The van der Waals surface area contributed by atoms with Gasteiger partial charge in [0.2, 0.25) is 0 Å². The molecule has 0 unspecified atom stereocenters. The summed E-state index contributed by atoms with van der Waals surface area (Å²) < 4.78 is 0. The third-order valence-corrected chi connectivity index (χ3v) is 1.89. The number of allylic oxidation sites excluding steroid dienone is 2. The third-order valence-electron chi connectivity index (χ3n) is 1.89. The summed E-state index contributed by atoms with van der Waals surface area (Å²) in [5, 5.41) is 0. The van der Waals surface area contributed by atoms with Gasteiger partial charge in [0.15, 0.2) is 5.78 Å². The maximum atomic E-state index is 11.2. The zero-order valence-electron chi connectivity index (χ0n) is 8.45. The van der Waals surface area contributed by atoms with E-state index in [0.29, 0.717) is 12.3 Å². The van der Waals surface area contributed by atoms with Crippen LogP contribution in [0.15, 0.2) is 16.8 Å². The van der Waals surface area contributed by atoms with E-state index in [1.165, 1.54) is 0 Å². The van der Waals surface area contributed by atoms with E-state index in [0.717, 1.165) is 12.1 Å². The van der Waals surface area contributed by atoms with Crippen molar-refractivity contribution in [3.8, 4) is 0 Å². The Kier molecular flexibility index (Phi) is 3.23. The van der Waals surface area contributed by atoms with Crippen molar-refractivity contribution in [3.05, 3.63) is 11.8 Å². The van der Waals surface area contributed by atoms with Gasteiger partial charge in [0.05, 0.1) is 6.34 Å². The minimum Gasteiger partial charge on any atom is -0.369 e. The number of hydrogen-bond donors (Lipinski definition) is 0. The van der Waals surface area contributed by atoms with Gasteiger partial charge in [-0.15, -0.1) is 0 Å². The van der Waals surface area contributed by atoms with Crippen LogP contribution in [0.1, 0.15) is 19.8 Å². The summed E-state index contributed by atoms with van der Waals surface area (Å²) in [5.41, 5.74) is 0.900. The summed E-state index contributed by atoms with van der Waals surface area (Å²) in [6, 6.07) is 0. The second-order valence-corrected chi connectivity index (χ2v) is 3.82. The Bertz CT molecular complexity index is 254. The van der Waals surface area contributed by atoms with Crippen LogP contribution in [0.3, 0.4) is 0 Å². The van der Waals surface area contributed by atoms with Gasteiger partial charge in [-0.1, -0.05) is 6.92 Å². The maximum Gasteiger partial charge on any atom is 0.157 e. The van der Waals surface area contributed by atoms with Gasteiger partial charge >= 0.3 is 0 Å². The molecule has 0 bridgehead atoms. The van der Waals surface area contributed by atoms with Crippen LogP contribution in [-0.4, -0.2) is 31.1 Å². The fourth-order valence-corrected chi connectivity index (χ4v) is 1.36. The van der Waals surface area contributed by atoms with Gasteiger partial charge in [0.1, 0.15) is 0 Å². The van der Waals surface area contributed by atoms with Gasteiger partial charge < -0.3 is 4.90 Å². The number of aliphatic imine (C=N–C) groups is 1. The zero-order valence-corrected chi connectivity index (χ0v) is 8.45. The van der Waals surface area contributed by atoms with E-state index in [4.69, 9.17) is 0 Å². The lowest BCUT2D eigenvalue weighted by atomic mass is 9.93. The zero-order chi connectivity index (χ0) is 9.84. The van der Waals surface area contributed by atoms with E-state index in [2.05, 4.69) is 11.9 Å². The second kappa shape index (κ2) is 4.21. The molecule has 0 aromatic carbocycles. The molecule has 0 aliphatic heterocycles. The predicted octanol–water partition coefficient (Wildman–Crippen LogP) is 1.46. The average molecular weight is 180 g/mol. The molecule has 0 heterocycles. The molecule has 72 valence electrons. The lowest BCUT2D eigenvalue weighted by Gasteiger charge is -2.15. The first-order valence-electron chi connectivity index (χ1n) is 4.52. The Morgan fingerprint density at radius 2 is 2.23 bits per heavy atom. The maximum absolute atomic E-state index is 11.2. The molecule has 3 heteroatoms. The normalized spacial score (nSPS) is 23.5. The quantitative estimate of drug-likeness (QED) is 0.476. The van der Waals surface area contributed by atoms with E-state index in [9.17, 15) is 4.79 Å². The van der Waals surface area contributed by atoms with Crippen molar-refractivity contribution in [2.45, 2.75) is 19.8 Å². The van der Waals surface area contributed by atoms with E-state index < -0.39 is 0 Å². The monoisotopic (exact) mass is 180 g/mol. The molecule has 1 rings (SSSR count). The minimum atomic E-state index is 0.199. The van der Waals surface area contributed by atoms with Crippen molar-refractivity contribution >= 4 is 12.1 Å². The van der Waals surface area contributed by atoms with Crippen molar-refractivity contribution in [3.63, 3.8) is 0 Å². The van der Waals surface area contributed by atoms with Crippen molar-refractivity contribution in [1.82, 2.24) is 4.90 Å². The number of hydrogen-bond acceptors (Lipinski definition) is 2. The van der Waals surface area contributed by atoms with Crippen molar-refractivity contribution < 1.29 is 4.79 Å². The van der Waals surface area contributed by atoms with Crippen LogP contribution in [-0.2, 0) is 4.79 Å². The van der Waals surface area contributed by atoms with Gasteiger partial charge in [-0.05, 0) is 12.3 Å². The molecule has 0 fully saturated rings. The Morgan fingerprint density at radius 1 is 1.54 bits per heavy atom. The Labute approximate surface area is 79.1 Å². The molecule has 0 spiro atoms. The van der Waals surface area contributed by atoms with Crippen LogP contribution >= 0.6 is 0 Å². The summed E-state index contributed by atoms with van der Waals surface area (Å²) in [4.78, 5) is 17.3. The van der Waals surface area contributed by atoms with Crippen LogP contribution < -0.4 is 0 Å². The Morgan fingerprint density at radius 3 is 2.77 bits per heavy atom. The van der Waals surface area contributed by atoms with E-state index in [-0.39, 0.29) is 5.78 Å². The van der Waals surface area contributed by atoms with Crippen LogP contribution in [0.5, 0.6) is 0 Å². The molecule has 0 saturated carbocycles. The predicted molar refractivity (Wildman–Crippen MR) is 53.7 cm³/mol. The number of nitrogens with zero attached hydrogens (tertiary/aromatic N) is 2. The highest BCUT2D eigenvalue weighted by Gasteiger charge is 2.15. The summed E-state index contributed by atoms with van der Waals surface area (Å²) in [6.07, 6.45) is 4.97. The smallest absolute Gasteiger partial charge is 0.157 e. The van der Waals surface area contributed by atoms with Crippen LogP contribution in [0.25, 0.3) is 0 Å². The van der Waals surface area contributed by atoms with Crippen LogP contribution in [0, 0.1) is 5.92 Å². The molecule has 13 heavy (non-hydrogen) atoms. The molecule has 0 amide bonds. The number of carbonyl (C=O) groups is 1. The van der Waals surface area contributed by atoms with Crippen LogP contribution in [0.2, 0.25) is 0 Å². The molecule has 0 N–H and O–H groups in total. The average Bonchev–Trinajstić information content (AvgIpc) is 1.99. The molecule has 1 aliphatic rings. The van der Waals surface area contributed by atoms with Gasteiger partial charge in [-0.3, -0.25) is 4.79 Å².